The number of rotatable bonds is 4. The lowest BCUT2D eigenvalue weighted by Gasteiger charge is -2.40. The highest BCUT2D eigenvalue weighted by molar-refractivity contribution is 9.10. The van der Waals surface area contributed by atoms with Crippen molar-refractivity contribution < 1.29 is 14.3 Å². The Morgan fingerprint density at radius 2 is 1.89 bits per heavy atom. The van der Waals surface area contributed by atoms with Crippen molar-refractivity contribution in [2.75, 3.05) is 26.3 Å². The minimum Gasteiger partial charge on any atom is -0.381 e. The van der Waals surface area contributed by atoms with Crippen LogP contribution >= 0.6 is 15.9 Å². The molecule has 0 aromatic heterocycles. The Bertz CT molecular complexity index is 678. The van der Waals surface area contributed by atoms with Gasteiger partial charge in [0.1, 0.15) is 0 Å². The average molecular weight is 437 g/mol. The number of nitrogens with one attached hydrogen (secondary N) is 1. The summed E-state index contributed by atoms with van der Waals surface area (Å²) in [6.07, 6.45) is 3.02. The third kappa shape index (κ3) is 4.72. The molecule has 1 aromatic rings. The van der Waals surface area contributed by atoms with Crippen LogP contribution in [0.1, 0.15) is 45.1 Å². The molecule has 6 heteroatoms. The maximum atomic E-state index is 13.1. The zero-order valence-electron chi connectivity index (χ0n) is 16.2. The van der Waals surface area contributed by atoms with Crippen LogP contribution in [0.15, 0.2) is 28.7 Å². The van der Waals surface area contributed by atoms with Crippen LogP contribution in [-0.2, 0) is 19.9 Å². The van der Waals surface area contributed by atoms with Gasteiger partial charge in [-0.05, 0) is 43.4 Å². The highest BCUT2D eigenvalue weighted by atomic mass is 79.9. The third-order valence-corrected chi connectivity index (χ3v) is 6.25. The number of halogens is 1. The quantitative estimate of drug-likeness (QED) is 0.785. The van der Waals surface area contributed by atoms with Gasteiger partial charge in [0.15, 0.2) is 0 Å². The van der Waals surface area contributed by atoms with E-state index in [1.54, 1.807) is 0 Å². The molecule has 2 aliphatic rings. The molecule has 2 fully saturated rings. The van der Waals surface area contributed by atoms with Crippen LogP contribution in [0.5, 0.6) is 0 Å². The van der Waals surface area contributed by atoms with Crippen LogP contribution < -0.4 is 5.32 Å². The van der Waals surface area contributed by atoms with Gasteiger partial charge in [-0.25, -0.2) is 0 Å². The molecule has 148 valence electrons. The van der Waals surface area contributed by atoms with Crippen molar-refractivity contribution in [2.45, 2.75) is 45.1 Å². The summed E-state index contributed by atoms with van der Waals surface area (Å²) in [4.78, 5) is 27.1. The first-order valence-corrected chi connectivity index (χ1v) is 10.7. The molecule has 0 atom stereocenters. The molecule has 2 amide bonds. The standard InChI is InChI=1S/C21H29BrN2O3/c1-15(2)20(26)24-10-6-16(7-11-24)19(25)23-21(8-12-27-13-9-21)17-4-3-5-18(22)14-17/h3-5,14-16H,6-13H2,1-2H3,(H,23,25). The molecular weight excluding hydrogens is 408 g/mol. The second kappa shape index (κ2) is 8.74. The molecule has 0 saturated carbocycles. The van der Waals surface area contributed by atoms with Crippen molar-refractivity contribution in [2.24, 2.45) is 11.8 Å². The van der Waals surface area contributed by atoms with Crippen LogP contribution in [0.3, 0.4) is 0 Å². The molecule has 0 radical (unpaired) electrons. The number of amides is 2. The van der Waals surface area contributed by atoms with Gasteiger partial charge >= 0.3 is 0 Å². The first-order valence-electron chi connectivity index (χ1n) is 9.86. The van der Waals surface area contributed by atoms with Gasteiger partial charge in [-0.2, -0.15) is 0 Å². The zero-order valence-corrected chi connectivity index (χ0v) is 17.8. The van der Waals surface area contributed by atoms with Gasteiger partial charge in [-0.1, -0.05) is 41.9 Å². The Labute approximate surface area is 170 Å². The maximum absolute atomic E-state index is 13.1. The Hall–Kier alpha value is -1.40. The van der Waals surface area contributed by atoms with Crippen molar-refractivity contribution in [3.05, 3.63) is 34.3 Å². The van der Waals surface area contributed by atoms with Gasteiger partial charge in [-0.15, -0.1) is 0 Å². The zero-order chi connectivity index (χ0) is 19.4. The number of ether oxygens (including phenoxy) is 1. The molecule has 0 aliphatic carbocycles. The molecule has 0 spiro atoms. The summed E-state index contributed by atoms with van der Waals surface area (Å²) in [5.41, 5.74) is 0.755. The van der Waals surface area contributed by atoms with Crippen molar-refractivity contribution >= 4 is 27.7 Å². The topological polar surface area (TPSA) is 58.6 Å². The number of carbonyl (C=O) groups is 2. The van der Waals surface area contributed by atoms with Gasteiger partial charge in [0.25, 0.3) is 0 Å². The molecule has 0 unspecified atom stereocenters. The lowest BCUT2D eigenvalue weighted by atomic mass is 9.81. The van der Waals surface area contributed by atoms with E-state index >= 15 is 0 Å². The van der Waals surface area contributed by atoms with E-state index in [1.165, 1.54) is 0 Å². The molecule has 5 nitrogen and oxygen atoms in total. The summed E-state index contributed by atoms with van der Waals surface area (Å²) in [6, 6.07) is 8.19. The summed E-state index contributed by atoms with van der Waals surface area (Å²) in [5, 5.41) is 3.37. The highest BCUT2D eigenvalue weighted by Gasteiger charge is 2.38. The van der Waals surface area contributed by atoms with E-state index in [1.807, 2.05) is 30.9 Å². The smallest absolute Gasteiger partial charge is 0.225 e. The fourth-order valence-electron chi connectivity index (χ4n) is 4.06. The van der Waals surface area contributed by atoms with Crippen LogP contribution in [0.4, 0.5) is 0 Å². The van der Waals surface area contributed by atoms with Crippen LogP contribution in [0.25, 0.3) is 0 Å². The predicted octanol–water partition coefficient (Wildman–Crippen LogP) is 3.47. The summed E-state index contributed by atoms with van der Waals surface area (Å²) < 4.78 is 6.57. The Morgan fingerprint density at radius 3 is 2.48 bits per heavy atom. The maximum Gasteiger partial charge on any atom is 0.225 e. The van der Waals surface area contributed by atoms with E-state index in [0.717, 1.165) is 35.7 Å². The third-order valence-electron chi connectivity index (χ3n) is 5.76. The largest absolute Gasteiger partial charge is 0.381 e. The fraction of sp³-hybridized carbons (Fsp3) is 0.619. The number of hydrogen-bond acceptors (Lipinski definition) is 3. The minimum absolute atomic E-state index is 0.0115. The molecule has 1 aromatic carbocycles. The van der Waals surface area contributed by atoms with E-state index in [9.17, 15) is 9.59 Å². The predicted molar refractivity (Wildman–Crippen MR) is 108 cm³/mol. The van der Waals surface area contributed by atoms with Gasteiger partial charge in [-0.3, -0.25) is 9.59 Å². The van der Waals surface area contributed by atoms with Crippen molar-refractivity contribution in [1.82, 2.24) is 10.2 Å². The van der Waals surface area contributed by atoms with Crippen LogP contribution in [0.2, 0.25) is 0 Å². The first-order chi connectivity index (χ1) is 12.9. The molecule has 27 heavy (non-hydrogen) atoms. The highest BCUT2D eigenvalue weighted by Crippen LogP contribution is 2.34. The molecule has 3 rings (SSSR count). The van der Waals surface area contributed by atoms with Crippen LogP contribution in [-0.4, -0.2) is 43.0 Å². The van der Waals surface area contributed by atoms with Gasteiger partial charge < -0.3 is 15.0 Å². The number of nitrogens with zero attached hydrogens (tertiary/aromatic N) is 1. The molecule has 0 bridgehead atoms. The lowest BCUT2D eigenvalue weighted by molar-refractivity contribution is -0.139. The van der Waals surface area contributed by atoms with E-state index < -0.39 is 0 Å². The van der Waals surface area contributed by atoms with Crippen molar-refractivity contribution in [3.63, 3.8) is 0 Å². The van der Waals surface area contributed by atoms with Crippen molar-refractivity contribution in [3.8, 4) is 0 Å². The number of hydrogen-bond donors (Lipinski definition) is 1. The summed E-state index contributed by atoms with van der Waals surface area (Å²) in [6.45, 7) is 6.48. The molecule has 2 heterocycles. The molecule has 1 N–H and O–H groups in total. The number of benzene rings is 1. The normalized spacial score (nSPS) is 20.5. The minimum atomic E-state index is -0.371. The van der Waals surface area contributed by atoms with Crippen molar-refractivity contribution in [1.29, 1.82) is 0 Å². The second-order valence-corrected chi connectivity index (χ2v) is 8.86. The van der Waals surface area contributed by atoms with E-state index in [2.05, 4.69) is 33.4 Å². The Balaban J connectivity index is 1.68. The second-order valence-electron chi connectivity index (χ2n) is 7.95. The molecular formula is C21H29BrN2O3. The van der Waals surface area contributed by atoms with E-state index in [0.29, 0.717) is 26.3 Å². The fourth-order valence-corrected chi connectivity index (χ4v) is 4.46. The van der Waals surface area contributed by atoms with Crippen LogP contribution in [0, 0.1) is 11.8 Å². The lowest BCUT2D eigenvalue weighted by Crippen LogP contribution is -2.53. The Kier molecular flexibility index (Phi) is 6.58. The van der Waals surface area contributed by atoms with Gasteiger partial charge in [0, 0.05) is 42.6 Å². The molecule has 2 saturated heterocycles. The Morgan fingerprint density at radius 1 is 1.22 bits per heavy atom. The number of carbonyl (C=O) groups excluding carboxylic acids is 2. The summed E-state index contributed by atoms with van der Waals surface area (Å²) >= 11 is 3.55. The van der Waals surface area contributed by atoms with Gasteiger partial charge in [0.2, 0.25) is 11.8 Å². The summed E-state index contributed by atoms with van der Waals surface area (Å²) in [7, 11) is 0. The first kappa shape index (κ1) is 20.3. The number of piperidine rings is 1. The number of likely N-dealkylation sites (tertiary alicyclic amines) is 1. The van der Waals surface area contributed by atoms with E-state index in [-0.39, 0.29) is 29.2 Å². The SMILES string of the molecule is CC(C)C(=O)N1CCC(C(=O)NC2(c3cccc(Br)c3)CCOCC2)CC1. The van der Waals surface area contributed by atoms with Gasteiger partial charge in [0.05, 0.1) is 5.54 Å². The molecule has 2 aliphatic heterocycles. The average Bonchev–Trinajstić information content (AvgIpc) is 2.68. The van der Waals surface area contributed by atoms with E-state index in [4.69, 9.17) is 4.74 Å². The monoisotopic (exact) mass is 436 g/mol. The summed E-state index contributed by atoms with van der Waals surface area (Å²) in [5.74, 6) is 0.267.